The highest BCUT2D eigenvalue weighted by atomic mass is 127. The fraction of sp³-hybridized carbons (Fsp3) is 0.118. The summed E-state index contributed by atoms with van der Waals surface area (Å²) in [6.07, 6.45) is 0.511. The highest BCUT2D eigenvalue weighted by Crippen LogP contribution is 2.34. The van der Waals surface area contributed by atoms with Crippen LogP contribution in [0.5, 0.6) is 11.5 Å². The molecular formula is C17H12I2O4. The average molecular weight is 534 g/mol. The van der Waals surface area contributed by atoms with Crippen LogP contribution in [0, 0.1) is 7.14 Å². The van der Waals surface area contributed by atoms with Crippen LogP contribution in [0.1, 0.15) is 12.5 Å². The number of halogens is 2. The summed E-state index contributed by atoms with van der Waals surface area (Å²) in [7, 11) is 0. The third-order valence-electron chi connectivity index (χ3n) is 3.60. The van der Waals surface area contributed by atoms with Gasteiger partial charge in [-0.2, -0.15) is 0 Å². The number of fused-ring (bicyclic) bond motifs is 1. The molecule has 0 saturated heterocycles. The normalized spacial score (nSPS) is 11.1. The third kappa shape index (κ3) is 2.93. The molecule has 0 atom stereocenters. The van der Waals surface area contributed by atoms with Crippen LogP contribution in [0.15, 0.2) is 39.5 Å². The van der Waals surface area contributed by atoms with Crippen LogP contribution >= 0.6 is 45.2 Å². The number of benzene rings is 2. The lowest BCUT2D eigenvalue weighted by Gasteiger charge is -2.11. The summed E-state index contributed by atoms with van der Waals surface area (Å²) in [6.45, 7) is 1.89. The fourth-order valence-electron chi connectivity index (χ4n) is 2.47. The van der Waals surface area contributed by atoms with Gasteiger partial charge in [0, 0.05) is 11.1 Å². The Morgan fingerprint density at radius 3 is 2.35 bits per heavy atom. The largest absolute Gasteiger partial charge is 0.508 e. The van der Waals surface area contributed by atoms with Gasteiger partial charge in [0.1, 0.15) is 22.8 Å². The molecule has 3 rings (SSSR count). The van der Waals surface area contributed by atoms with Crippen molar-refractivity contribution in [3.8, 4) is 22.8 Å². The molecule has 1 aromatic heterocycles. The van der Waals surface area contributed by atoms with Gasteiger partial charge in [0.2, 0.25) is 0 Å². The maximum Gasteiger partial charge on any atom is 0.196 e. The zero-order chi connectivity index (χ0) is 16.7. The first kappa shape index (κ1) is 16.6. The maximum atomic E-state index is 12.7. The van der Waals surface area contributed by atoms with Gasteiger partial charge in [0.25, 0.3) is 0 Å². The third-order valence-corrected chi connectivity index (χ3v) is 5.25. The second kappa shape index (κ2) is 6.31. The van der Waals surface area contributed by atoms with Crippen molar-refractivity contribution in [1.82, 2.24) is 0 Å². The monoisotopic (exact) mass is 534 g/mol. The van der Waals surface area contributed by atoms with E-state index < -0.39 is 0 Å². The maximum absolute atomic E-state index is 12.7. The molecule has 0 aliphatic rings. The number of aromatic hydroxyl groups is 2. The SMILES string of the molecule is CCc1c(-c2cc(I)c(O)c(I)c2)oc2ccc(O)cc2c1=O. The van der Waals surface area contributed by atoms with Gasteiger partial charge in [-0.15, -0.1) is 0 Å². The molecule has 3 aromatic rings. The van der Waals surface area contributed by atoms with Crippen molar-refractivity contribution in [3.63, 3.8) is 0 Å². The Labute approximate surface area is 159 Å². The summed E-state index contributed by atoms with van der Waals surface area (Å²) >= 11 is 4.10. The van der Waals surface area contributed by atoms with E-state index >= 15 is 0 Å². The molecule has 0 fully saturated rings. The van der Waals surface area contributed by atoms with Crippen molar-refractivity contribution in [3.05, 3.63) is 53.3 Å². The molecule has 0 bridgehead atoms. The van der Waals surface area contributed by atoms with Crippen molar-refractivity contribution in [2.24, 2.45) is 0 Å². The van der Waals surface area contributed by atoms with Crippen molar-refractivity contribution in [2.45, 2.75) is 13.3 Å². The number of rotatable bonds is 2. The smallest absolute Gasteiger partial charge is 0.196 e. The zero-order valence-electron chi connectivity index (χ0n) is 12.1. The summed E-state index contributed by atoms with van der Waals surface area (Å²) in [5, 5.41) is 19.9. The highest BCUT2D eigenvalue weighted by molar-refractivity contribution is 14.1. The van der Waals surface area contributed by atoms with E-state index in [1.165, 1.54) is 12.1 Å². The molecule has 2 N–H and O–H groups in total. The molecule has 6 heteroatoms. The van der Waals surface area contributed by atoms with E-state index in [0.29, 0.717) is 35.9 Å². The Morgan fingerprint density at radius 1 is 1.09 bits per heavy atom. The lowest BCUT2D eigenvalue weighted by atomic mass is 10.0. The number of phenols is 2. The molecular weight excluding hydrogens is 522 g/mol. The average Bonchev–Trinajstić information content (AvgIpc) is 2.52. The zero-order valence-corrected chi connectivity index (χ0v) is 16.4. The molecule has 2 aromatic carbocycles. The van der Waals surface area contributed by atoms with Crippen molar-refractivity contribution in [1.29, 1.82) is 0 Å². The molecule has 0 saturated carbocycles. The minimum Gasteiger partial charge on any atom is -0.508 e. The van der Waals surface area contributed by atoms with Gasteiger partial charge < -0.3 is 14.6 Å². The lowest BCUT2D eigenvalue weighted by Crippen LogP contribution is -2.10. The summed E-state index contributed by atoms with van der Waals surface area (Å²) in [5.41, 5.74) is 1.59. The topological polar surface area (TPSA) is 70.7 Å². The van der Waals surface area contributed by atoms with E-state index in [4.69, 9.17) is 4.42 Å². The summed E-state index contributed by atoms with van der Waals surface area (Å²) in [4.78, 5) is 12.7. The predicted molar refractivity (Wildman–Crippen MR) is 106 cm³/mol. The molecule has 1 heterocycles. The first-order valence-corrected chi connectivity index (χ1v) is 9.05. The van der Waals surface area contributed by atoms with Crippen LogP contribution in [-0.4, -0.2) is 10.2 Å². The second-order valence-corrected chi connectivity index (χ2v) is 7.39. The van der Waals surface area contributed by atoms with Crippen molar-refractivity contribution >= 4 is 56.2 Å². The second-order valence-electron chi connectivity index (χ2n) is 5.06. The Kier molecular flexibility index (Phi) is 4.54. The number of hydrogen-bond donors (Lipinski definition) is 2. The summed E-state index contributed by atoms with van der Waals surface area (Å²) in [5.74, 6) is 0.765. The highest BCUT2D eigenvalue weighted by Gasteiger charge is 2.17. The molecule has 0 radical (unpaired) electrons. The van der Waals surface area contributed by atoms with Gasteiger partial charge in [-0.05, 0) is 81.9 Å². The fourth-order valence-corrected chi connectivity index (χ4v) is 4.24. The van der Waals surface area contributed by atoms with E-state index in [-0.39, 0.29) is 16.9 Å². The van der Waals surface area contributed by atoms with E-state index in [9.17, 15) is 15.0 Å². The Morgan fingerprint density at radius 2 is 1.74 bits per heavy atom. The first-order chi connectivity index (χ1) is 10.9. The van der Waals surface area contributed by atoms with Gasteiger partial charge in [-0.1, -0.05) is 6.92 Å². The minimum atomic E-state index is -0.141. The quantitative estimate of drug-likeness (QED) is 0.471. The Bertz CT molecular complexity index is 953. The minimum absolute atomic E-state index is 0.0355. The van der Waals surface area contributed by atoms with Gasteiger partial charge in [-0.25, -0.2) is 0 Å². The van der Waals surface area contributed by atoms with E-state index in [2.05, 4.69) is 0 Å². The van der Waals surface area contributed by atoms with E-state index in [1.807, 2.05) is 52.1 Å². The lowest BCUT2D eigenvalue weighted by molar-refractivity contribution is 0.467. The van der Waals surface area contributed by atoms with Gasteiger partial charge in [-0.3, -0.25) is 4.79 Å². The van der Waals surface area contributed by atoms with Crippen molar-refractivity contribution < 1.29 is 14.6 Å². The standard InChI is InChI=1S/C17H12I2O4/c1-2-10-15(21)11-7-9(20)3-4-14(11)23-17(10)8-5-12(18)16(22)13(19)6-8/h3-7,20,22H,2H2,1H3. The van der Waals surface area contributed by atoms with Crippen molar-refractivity contribution in [2.75, 3.05) is 0 Å². The van der Waals surface area contributed by atoms with E-state index in [0.717, 1.165) is 5.56 Å². The number of hydrogen-bond acceptors (Lipinski definition) is 4. The predicted octanol–water partition coefficient (Wildman–Crippen LogP) is 4.64. The molecule has 0 amide bonds. The molecule has 0 spiro atoms. The molecule has 23 heavy (non-hydrogen) atoms. The van der Waals surface area contributed by atoms with Crippen LogP contribution in [0.4, 0.5) is 0 Å². The van der Waals surface area contributed by atoms with Crippen LogP contribution in [0.2, 0.25) is 0 Å². The van der Waals surface area contributed by atoms with E-state index in [1.54, 1.807) is 18.2 Å². The molecule has 0 aliphatic carbocycles. The van der Waals surface area contributed by atoms with Crippen LogP contribution in [-0.2, 0) is 6.42 Å². The Hall–Kier alpha value is -1.29. The first-order valence-electron chi connectivity index (χ1n) is 6.89. The molecule has 118 valence electrons. The summed E-state index contributed by atoms with van der Waals surface area (Å²) < 4.78 is 7.35. The summed E-state index contributed by atoms with van der Waals surface area (Å²) in [6, 6.07) is 8.09. The molecule has 0 unspecified atom stereocenters. The van der Waals surface area contributed by atoms with Crippen LogP contribution in [0.3, 0.4) is 0 Å². The van der Waals surface area contributed by atoms with Gasteiger partial charge >= 0.3 is 0 Å². The van der Waals surface area contributed by atoms with Crippen LogP contribution in [0.25, 0.3) is 22.3 Å². The molecule has 4 nitrogen and oxygen atoms in total. The number of phenolic OH excluding ortho intramolecular Hbond substituents is 2. The Balaban J connectivity index is 2.38. The van der Waals surface area contributed by atoms with Crippen LogP contribution < -0.4 is 5.43 Å². The van der Waals surface area contributed by atoms with Gasteiger partial charge in [0.15, 0.2) is 5.43 Å². The molecule has 0 aliphatic heterocycles. The van der Waals surface area contributed by atoms with Gasteiger partial charge in [0.05, 0.1) is 12.5 Å².